The number of halogens is 4. The zero-order valence-corrected chi connectivity index (χ0v) is 12.0. The third kappa shape index (κ3) is 3.77. The molecule has 2 aromatic carbocycles. The van der Waals surface area contributed by atoms with Crippen molar-refractivity contribution in [3.8, 4) is 0 Å². The Hall–Kier alpha value is -1.52. The maximum atomic E-state index is 12.5. The Balaban J connectivity index is 2.16. The highest BCUT2D eigenvalue weighted by Crippen LogP contribution is 2.30. The summed E-state index contributed by atoms with van der Waals surface area (Å²) in [4.78, 5) is 0. The lowest BCUT2D eigenvalue weighted by molar-refractivity contribution is -0.137. The molecule has 1 unspecified atom stereocenters. The maximum absolute atomic E-state index is 12.5. The predicted octanol–water partition coefficient (Wildman–Crippen LogP) is 4.94. The smallest absolute Gasteiger partial charge is 0.388 e. The minimum absolute atomic E-state index is 0.235. The van der Waals surface area contributed by atoms with E-state index >= 15 is 0 Å². The van der Waals surface area contributed by atoms with E-state index < -0.39 is 17.8 Å². The lowest BCUT2D eigenvalue weighted by atomic mass is 9.97. The topological polar surface area (TPSA) is 20.2 Å². The second kappa shape index (κ2) is 6.08. The van der Waals surface area contributed by atoms with E-state index in [2.05, 4.69) is 0 Å². The molecule has 0 radical (unpaired) electrons. The monoisotopic (exact) mass is 314 g/mol. The quantitative estimate of drug-likeness (QED) is 0.850. The van der Waals surface area contributed by atoms with Crippen LogP contribution in [0.15, 0.2) is 42.5 Å². The van der Waals surface area contributed by atoms with Gasteiger partial charge in [0.25, 0.3) is 0 Å². The molecule has 5 heteroatoms. The highest BCUT2D eigenvalue weighted by atomic mass is 35.5. The summed E-state index contributed by atoms with van der Waals surface area (Å²) in [6.45, 7) is 1.80. The van der Waals surface area contributed by atoms with Crippen LogP contribution in [-0.4, -0.2) is 5.11 Å². The molecule has 0 saturated heterocycles. The van der Waals surface area contributed by atoms with Gasteiger partial charge in [0.2, 0.25) is 0 Å². The van der Waals surface area contributed by atoms with Crippen LogP contribution >= 0.6 is 11.6 Å². The molecule has 1 atom stereocenters. The van der Waals surface area contributed by atoms with Crippen molar-refractivity contribution in [2.24, 2.45) is 0 Å². The molecule has 21 heavy (non-hydrogen) atoms. The van der Waals surface area contributed by atoms with Crippen molar-refractivity contribution < 1.29 is 18.3 Å². The fourth-order valence-corrected chi connectivity index (χ4v) is 2.33. The summed E-state index contributed by atoms with van der Waals surface area (Å²) >= 11 is 6.00. The third-order valence-corrected chi connectivity index (χ3v) is 3.79. The van der Waals surface area contributed by atoms with E-state index in [1.54, 1.807) is 25.1 Å². The molecule has 0 aromatic heterocycles. The van der Waals surface area contributed by atoms with Gasteiger partial charge in [-0.25, -0.2) is 0 Å². The van der Waals surface area contributed by atoms with Gasteiger partial charge in [-0.15, -0.1) is 0 Å². The summed E-state index contributed by atoms with van der Waals surface area (Å²) in [5.74, 6) is 0. The first-order valence-corrected chi connectivity index (χ1v) is 6.76. The molecule has 0 aliphatic heterocycles. The van der Waals surface area contributed by atoms with Gasteiger partial charge >= 0.3 is 6.18 Å². The number of hydrogen-bond donors (Lipinski definition) is 1. The molecule has 112 valence electrons. The average molecular weight is 315 g/mol. The van der Waals surface area contributed by atoms with Crippen LogP contribution in [0.2, 0.25) is 5.02 Å². The fourth-order valence-electron chi connectivity index (χ4n) is 2.15. The summed E-state index contributed by atoms with van der Waals surface area (Å²) < 4.78 is 37.4. The Kier molecular flexibility index (Phi) is 4.59. The Labute approximate surface area is 126 Å². The van der Waals surface area contributed by atoms with Crippen molar-refractivity contribution in [3.63, 3.8) is 0 Å². The zero-order chi connectivity index (χ0) is 15.6. The molecule has 0 heterocycles. The molecular formula is C16H14ClF3O. The number of aliphatic hydroxyl groups excluding tert-OH is 1. The van der Waals surface area contributed by atoms with Gasteiger partial charge in [-0.3, -0.25) is 0 Å². The van der Waals surface area contributed by atoms with Crippen LogP contribution in [0.3, 0.4) is 0 Å². The van der Waals surface area contributed by atoms with E-state index in [4.69, 9.17) is 11.6 Å². The fraction of sp³-hybridized carbons (Fsp3) is 0.250. The van der Waals surface area contributed by atoms with Crippen LogP contribution in [0.4, 0.5) is 13.2 Å². The van der Waals surface area contributed by atoms with E-state index in [0.29, 0.717) is 16.1 Å². The van der Waals surface area contributed by atoms with Crippen LogP contribution in [-0.2, 0) is 12.6 Å². The third-order valence-electron chi connectivity index (χ3n) is 3.38. The van der Waals surface area contributed by atoms with Gasteiger partial charge in [0.1, 0.15) is 0 Å². The van der Waals surface area contributed by atoms with Crippen LogP contribution in [0.25, 0.3) is 0 Å². The number of alkyl halides is 3. The first-order chi connectivity index (χ1) is 9.79. The first-order valence-electron chi connectivity index (χ1n) is 6.38. The predicted molar refractivity (Wildman–Crippen MR) is 76.3 cm³/mol. The number of benzene rings is 2. The summed E-state index contributed by atoms with van der Waals surface area (Å²) in [5.41, 5.74) is 1.40. The Bertz CT molecular complexity index is 620. The van der Waals surface area contributed by atoms with Gasteiger partial charge in [-0.05, 0) is 41.8 Å². The highest BCUT2D eigenvalue weighted by Gasteiger charge is 2.30. The summed E-state index contributed by atoms with van der Waals surface area (Å²) in [7, 11) is 0. The highest BCUT2D eigenvalue weighted by molar-refractivity contribution is 6.31. The normalized spacial score (nSPS) is 13.2. The molecule has 0 aliphatic rings. The van der Waals surface area contributed by atoms with E-state index in [-0.39, 0.29) is 6.42 Å². The van der Waals surface area contributed by atoms with Gasteiger partial charge in [0.15, 0.2) is 0 Å². The first kappa shape index (κ1) is 15.9. The van der Waals surface area contributed by atoms with Crippen LogP contribution in [0.1, 0.15) is 28.4 Å². The molecule has 0 bridgehead atoms. The van der Waals surface area contributed by atoms with E-state index in [9.17, 15) is 18.3 Å². The lowest BCUT2D eigenvalue weighted by Gasteiger charge is -2.15. The Morgan fingerprint density at radius 2 is 1.71 bits per heavy atom. The molecule has 1 nitrogen and oxygen atoms in total. The molecular weight excluding hydrogens is 301 g/mol. The summed E-state index contributed by atoms with van der Waals surface area (Å²) in [5, 5.41) is 10.8. The van der Waals surface area contributed by atoms with Crippen molar-refractivity contribution in [1.29, 1.82) is 0 Å². The number of hydrogen-bond acceptors (Lipinski definition) is 1. The van der Waals surface area contributed by atoms with Crippen molar-refractivity contribution in [3.05, 3.63) is 69.7 Å². The largest absolute Gasteiger partial charge is 0.416 e. The van der Waals surface area contributed by atoms with Crippen molar-refractivity contribution >= 4 is 11.6 Å². The average Bonchev–Trinajstić information content (AvgIpc) is 2.41. The Morgan fingerprint density at radius 3 is 2.29 bits per heavy atom. The minimum Gasteiger partial charge on any atom is -0.388 e. The lowest BCUT2D eigenvalue weighted by Crippen LogP contribution is -2.06. The van der Waals surface area contributed by atoms with Gasteiger partial charge in [-0.2, -0.15) is 13.2 Å². The molecule has 0 saturated carbocycles. The number of aliphatic hydroxyl groups is 1. The minimum atomic E-state index is -4.35. The van der Waals surface area contributed by atoms with Gasteiger partial charge in [0, 0.05) is 11.4 Å². The molecule has 1 N–H and O–H groups in total. The van der Waals surface area contributed by atoms with Crippen LogP contribution < -0.4 is 0 Å². The molecule has 0 spiro atoms. The van der Waals surface area contributed by atoms with E-state index in [1.807, 2.05) is 0 Å². The standard InChI is InChI=1S/C16H14ClF3O/c1-10-13(3-2-4-14(10)17)15(21)9-11-5-7-12(8-6-11)16(18,19)20/h2-8,15,21H,9H2,1H3. The molecule has 0 aliphatic carbocycles. The number of rotatable bonds is 3. The van der Waals surface area contributed by atoms with Crippen molar-refractivity contribution in [2.45, 2.75) is 25.6 Å². The van der Waals surface area contributed by atoms with E-state index in [1.165, 1.54) is 12.1 Å². The second-order valence-electron chi connectivity index (χ2n) is 4.87. The van der Waals surface area contributed by atoms with Gasteiger partial charge in [-0.1, -0.05) is 35.9 Å². The van der Waals surface area contributed by atoms with Gasteiger partial charge < -0.3 is 5.11 Å². The summed E-state index contributed by atoms with van der Waals surface area (Å²) in [6.07, 6.45) is -4.92. The van der Waals surface area contributed by atoms with Crippen LogP contribution in [0.5, 0.6) is 0 Å². The second-order valence-corrected chi connectivity index (χ2v) is 5.28. The van der Waals surface area contributed by atoms with Crippen LogP contribution in [0, 0.1) is 6.92 Å². The molecule has 2 rings (SSSR count). The Morgan fingerprint density at radius 1 is 1.10 bits per heavy atom. The molecule has 0 amide bonds. The summed E-state index contributed by atoms with van der Waals surface area (Å²) in [6, 6.07) is 10.0. The zero-order valence-electron chi connectivity index (χ0n) is 11.3. The molecule has 2 aromatic rings. The van der Waals surface area contributed by atoms with Crippen molar-refractivity contribution in [2.75, 3.05) is 0 Å². The van der Waals surface area contributed by atoms with Crippen molar-refractivity contribution in [1.82, 2.24) is 0 Å². The molecule has 0 fully saturated rings. The maximum Gasteiger partial charge on any atom is 0.416 e. The van der Waals surface area contributed by atoms with E-state index in [0.717, 1.165) is 17.7 Å². The SMILES string of the molecule is Cc1c(Cl)cccc1C(O)Cc1ccc(C(F)(F)F)cc1. The van der Waals surface area contributed by atoms with Gasteiger partial charge in [0.05, 0.1) is 11.7 Å².